The average Bonchev–Trinajstić information content (AvgIpc) is 2.89. The van der Waals surface area contributed by atoms with Gasteiger partial charge < -0.3 is 15.0 Å². The Labute approximate surface area is 148 Å². The Morgan fingerprint density at radius 2 is 2.17 bits per heavy atom. The molecule has 0 bridgehead atoms. The molecule has 0 saturated carbocycles. The number of sulfone groups is 1. The first kappa shape index (κ1) is 19.2. The van der Waals surface area contributed by atoms with Crippen LogP contribution in [0.25, 0.3) is 0 Å². The summed E-state index contributed by atoms with van der Waals surface area (Å²) in [5.41, 5.74) is 0. The molecule has 1 saturated heterocycles. The molecule has 0 aromatic carbocycles. The van der Waals surface area contributed by atoms with Crippen molar-refractivity contribution < 1.29 is 17.9 Å². The molecule has 0 spiro atoms. The van der Waals surface area contributed by atoms with Gasteiger partial charge in [0, 0.05) is 30.8 Å². The minimum absolute atomic E-state index is 0.0968. The van der Waals surface area contributed by atoms with E-state index < -0.39 is 9.84 Å². The molecule has 136 valence electrons. The number of likely N-dealkylation sites (tertiary alicyclic amines) is 1. The maximum absolute atomic E-state index is 12.3. The van der Waals surface area contributed by atoms with Crippen LogP contribution in [0, 0.1) is 0 Å². The van der Waals surface area contributed by atoms with Crippen LogP contribution in [0.3, 0.4) is 0 Å². The zero-order valence-electron chi connectivity index (χ0n) is 14.3. The summed E-state index contributed by atoms with van der Waals surface area (Å²) in [5, 5.41) is 2.88. The van der Waals surface area contributed by atoms with Gasteiger partial charge in [-0.05, 0) is 37.8 Å². The van der Waals surface area contributed by atoms with Gasteiger partial charge >= 0.3 is 6.03 Å². The van der Waals surface area contributed by atoms with Gasteiger partial charge in [-0.2, -0.15) is 0 Å². The number of thiophene rings is 1. The summed E-state index contributed by atoms with van der Waals surface area (Å²) in [5.74, 6) is 0. The van der Waals surface area contributed by atoms with Crippen molar-refractivity contribution >= 4 is 27.2 Å². The first-order valence-electron chi connectivity index (χ1n) is 8.33. The lowest BCUT2D eigenvalue weighted by Gasteiger charge is -2.21. The van der Waals surface area contributed by atoms with Crippen LogP contribution < -0.4 is 5.32 Å². The van der Waals surface area contributed by atoms with E-state index in [2.05, 4.69) is 12.2 Å². The summed E-state index contributed by atoms with van der Waals surface area (Å²) in [7, 11) is -3.18. The lowest BCUT2D eigenvalue weighted by molar-refractivity contribution is 0.0445. The molecule has 2 amide bonds. The molecular weight excluding hydrogens is 348 g/mol. The van der Waals surface area contributed by atoms with Crippen LogP contribution in [-0.2, 0) is 21.1 Å². The normalized spacial score (nSPS) is 19.1. The Morgan fingerprint density at radius 1 is 1.38 bits per heavy atom. The Hall–Kier alpha value is -1.12. The molecule has 6 nitrogen and oxygen atoms in total. The van der Waals surface area contributed by atoms with Crippen molar-refractivity contribution in [3.05, 3.63) is 17.0 Å². The zero-order chi connectivity index (χ0) is 17.6. The van der Waals surface area contributed by atoms with Gasteiger partial charge in [0.2, 0.25) is 0 Å². The molecule has 24 heavy (non-hydrogen) atoms. The molecule has 1 aliphatic heterocycles. The highest BCUT2D eigenvalue weighted by Gasteiger charge is 2.21. The molecule has 8 heteroatoms. The van der Waals surface area contributed by atoms with Crippen LogP contribution in [0.1, 0.15) is 37.5 Å². The van der Waals surface area contributed by atoms with E-state index in [1.165, 1.54) is 17.6 Å². The first-order chi connectivity index (χ1) is 11.4. The van der Waals surface area contributed by atoms with Crippen molar-refractivity contribution in [2.45, 2.75) is 49.5 Å². The molecule has 0 aliphatic carbocycles. The van der Waals surface area contributed by atoms with Crippen molar-refractivity contribution in [3.63, 3.8) is 0 Å². The van der Waals surface area contributed by atoms with Crippen molar-refractivity contribution in [2.75, 3.05) is 26.0 Å². The lowest BCUT2D eigenvalue weighted by Crippen LogP contribution is -2.40. The van der Waals surface area contributed by atoms with E-state index in [1.807, 2.05) is 4.90 Å². The van der Waals surface area contributed by atoms with Gasteiger partial charge in [0.25, 0.3) is 0 Å². The molecule has 1 fully saturated rings. The predicted octanol–water partition coefficient (Wildman–Crippen LogP) is 2.64. The lowest BCUT2D eigenvalue weighted by atomic mass is 10.2. The van der Waals surface area contributed by atoms with Gasteiger partial charge in [0.15, 0.2) is 9.84 Å². The number of nitrogens with one attached hydrogen (secondary N) is 1. The highest BCUT2D eigenvalue weighted by atomic mass is 32.2. The molecule has 2 rings (SSSR count). The molecule has 1 aliphatic rings. The summed E-state index contributed by atoms with van der Waals surface area (Å²) in [6, 6.07) is 3.24. The predicted molar refractivity (Wildman–Crippen MR) is 95.1 cm³/mol. The quantitative estimate of drug-likeness (QED) is 0.830. The second kappa shape index (κ2) is 8.82. The zero-order valence-corrected chi connectivity index (χ0v) is 15.9. The Balaban J connectivity index is 1.81. The number of hydrogen-bond acceptors (Lipinski definition) is 5. The first-order valence-corrected chi connectivity index (χ1v) is 11.0. The molecule has 1 aromatic heterocycles. The maximum atomic E-state index is 12.3. The third-order valence-corrected chi connectivity index (χ3v) is 6.84. The number of rotatable bonds is 6. The van der Waals surface area contributed by atoms with E-state index >= 15 is 0 Å². The molecular formula is C16H26N2O4S2. The molecule has 1 unspecified atom stereocenters. The fraction of sp³-hybridized carbons (Fsp3) is 0.688. The molecule has 0 radical (unpaired) electrons. The fourth-order valence-corrected chi connectivity index (χ4v) is 4.56. The third kappa shape index (κ3) is 5.75. The number of nitrogens with zero attached hydrogens (tertiary/aromatic N) is 1. The fourth-order valence-electron chi connectivity index (χ4n) is 2.65. The van der Waals surface area contributed by atoms with Crippen LogP contribution in [-0.4, -0.2) is 51.4 Å². The van der Waals surface area contributed by atoms with E-state index in [-0.39, 0.29) is 12.1 Å². The van der Waals surface area contributed by atoms with E-state index in [4.69, 9.17) is 4.74 Å². The van der Waals surface area contributed by atoms with Gasteiger partial charge in [-0.25, -0.2) is 13.2 Å². The summed E-state index contributed by atoms with van der Waals surface area (Å²) in [6.07, 6.45) is 5.25. The summed E-state index contributed by atoms with van der Waals surface area (Å²) in [6.45, 7) is 4.65. The van der Waals surface area contributed by atoms with E-state index in [0.29, 0.717) is 17.3 Å². The summed E-state index contributed by atoms with van der Waals surface area (Å²) >= 11 is 1.20. The monoisotopic (exact) mass is 374 g/mol. The maximum Gasteiger partial charge on any atom is 0.317 e. The second-order valence-corrected chi connectivity index (χ2v) is 9.47. The van der Waals surface area contributed by atoms with E-state index in [9.17, 15) is 13.2 Å². The standard InChI is InChI=1S/C16H26N2O4S2/c1-3-11-22-13-5-4-9-18(10-8-13)16(19)17-12-14-6-7-15(23-14)24(2,20)21/h6-7,13H,3-5,8-12H2,1-2H3,(H,17,19). The second-order valence-electron chi connectivity index (χ2n) is 6.06. The van der Waals surface area contributed by atoms with Crippen LogP contribution in [0.2, 0.25) is 0 Å². The topological polar surface area (TPSA) is 75.7 Å². The summed E-state index contributed by atoms with van der Waals surface area (Å²) < 4.78 is 29.1. The minimum atomic E-state index is -3.18. The molecule has 2 heterocycles. The Morgan fingerprint density at radius 3 is 2.83 bits per heavy atom. The van der Waals surface area contributed by atoms with Gasteiger partial charge in [-0.3, -0.25) is 0 Å². The van der Waals surface area contributed by atoms with Gasteiger partial charge in [0.1, 0.15) is 4.21 Å². The minimum Gasteiger partial charge on any atom is -0.378 e. The van der Waals surface area contributed by atoms with Crippen molar-refractivity contribution in [3.8, 4) is 0 Å². The van der Waals surface area contributed by atoms with Crippen LogP contribution >= 0.6 is 11.3 Å². The number of carbonyl (C=O) groups excluding carboxylic acids is 1. The van der Waals surface area contributed by atoms with Crippen LogP contribution in [0.4, 0.5) is 4.79 Å². The van der Waals surface area contributed by atoms with Crippen LogP contribution in [0.15, 0.2) is 16.3 Å². The molecule has 1 atom stereocenters. The Bertz CT molecular complexity index is 642. The van der Waals surface area contributed by atoms with Crippen molar-refractivity contribution in [1.82, 2.24) is 10.2 Å². The van der Waals surface area contributed by atoms with Gasteiger partial charge in [0.05, 0.1) is 12.6 Å². The van der Waals surface area contributed by atoms with E-state index in [1.54, 1.807) is 12.1 Å². The highest BCUT2D eigenvalue weighted by molar-refractivity contribution is 7.92. The highest BCUT2D eigenvalue weighted by Crippen LogP contribution is 2.21. The van der Waals surface area contributed by atoms with Crippen molar-refractivity contribution in [2.24, 2.45) is 0 Å². The van der Waals surface area contributed by atoms with Gasteiger partial charge in [-0.1, -0.05) is 6.92 Å². The number of amides is 2. The van der Waals surface area contributed by atoms with E-state index in [0.717, 1.165) is 43.7 Å². The SMILES string of the molecule is CCCOC1CCCN(C(=O)NCc2ccc(S(C)(=O)=O)s2)CC1. The number of hydrogen-bond donors (Lipinski definition) is 1. The molecule has 1 aromatic rings. The van der Waals surface area contributed by atoms with Crippen LogP contribution in [0.5, 0.6) is 0 Å². The number of urea groups is 1. The molecule has 1 N–H and O–H groups in total. The van der Waals surface area contributed by atoms with Gasteiger partial charge in [-0.15, -0.1) is 11.3 Å². The largest absolute Gasteiger partial charge is 0.378 e. The average molecular weight is 375 g/mol. The number of ether oxygens (including phenoxy) is 1. The van der Waals surface area contributed by atoms with Crippen molar-refractivity contribution in [1.29, 1.82) is 0 Å². The number of carbonyl (C=O) groups is 1. The Kier molecular flexibility index (Phi) is 7.06. The summed E-state index contributed by atoms with van der Waals surface area (Å²) in [4.78, 5) is 15.0. The third-order valence-electron chi connectivity index (χ3n) is 3.94. The smallest absolute Gasteiger partial charge is 0.317 e.